The number of fused-ring (bicyclic) bond motifs is 1. The average Bonchev–Trinajstić information content (AvgIpc) is 2.66. The summed E-state index contributed by atoms with van der Waals surface area (Å²) in [5, 5.41) is 15.8. The number of hydrazone groups is 1. The zero-order valence-electron chi connectivity index (χ0n) is 14.4. The quantitative estimate of drug-likeness (QED) is 0.197. The van der Waals surface area contributed by atoms with Gasteiger partial charge in [-0.2, -0.15) is 5.10 Å². The van der Waals surface area contributed by atoms with Crippen LogP contribution in [0.5, 0.6) is 11.5 Å². The standard InChI is InChI=1S/C21H14I2N2O3/c1-2-7-28-20-17(22)8-13(9-18(20)23)12-24-25-21(27)16-10-14-5-3-4-6-15(14)11-19(16)26/h1,3-6,8-12,26H,7H2,(H,25,27). The number of terminal acetylenes is 1. The monoisotopic (exact) mass is 596 g/mol. The third-order valence-corrected chi connectivity index (χ3v) is 5.41. The van der Waals surface area contributed by atoms with E-state index in [1.165, 1.54) is 6.21 Å². The average molecular weight is 596 g/mol. The van der Waals surface area contributed by atoms with Gasteiger partial charge < -0.3 is 9.84 Å². The molecule has 0 spiro atoms. The van der Waals surface area contributed by atoms with Gasteiger partial charge in [0.05, 0.1) is 18.9 Å². The molecule has 2 N–H and O–H groups in total. The molecule has 0 aliphatic heterocycles. The predicted molar refractivity (Wildman–Crippen MR) is 127 cm³/mol. The number of carbonyl (C=O) groups excluding carboxylic acids is 1. The molecular weight excluding hydrogens is 582 g/mol. The minimum absolute atomic E-state index is 0.0921. The highest BCUT2D eigenvalue weighted by Crippen LogP contribution is 2.28. The van der Waals surface area contributed by atoms with Crippen molar-refractivity contribution >= 4 is 68.1 Å². The molecule has 0 aliphatic rings. The third kappa shape index (κ3) is 4.74. The lowest BCUT2D eigenvalue weighted by Crippen LogP contribution is -2.17. The number of rotatable bonds is 5. The Balaban J connectivity index is 1.75. The normalized spacial score (nSPS) is 10.8. The molecule has 1 amide bonds. The Kier molecular flexibility index (Phi) is 6.74. The van der Waals surface area contributed by atoms with Crippen LogP contribution in [0.2, 0.25) is 0 Å². The SMILES string of the molecule is C#CCOc1c(I)cc(C=NNC(=O)c2cc3ccccc3cc2O)cc1I. The van der Waals surface area contributed by atoms with Gasteiger partial charge in [0.15, 0.2) is 0 Å². The molecule has 0 fully saturated rings. The summed E-state index contributed by atoms with van der Waals surface area (Å²) in [4.78, 5) is 12.4. The van der Waals surface area contributed by atoms with E-state index in [-0.39, 0.29) is 17.9 Å². The third-order valence-electron chi connectivity index (χ3n) is 3.81. The molecule has 0 unspecified atom stereocenters. The van der Waals surface area contributed by atoms with E-state index in [2.05, 4.69) is 61.6 Å². The van der Waals surface area contributed by atoms with Crippen LogP contribution in [0.4, 0.5) is 0 Å². The molecule has 3 aromatic carbocycles. The highest BCUT2D eigenvalue weighted by atomic mass is 127. The van der Waals surface area contributed by atoms with E-state index in [0.29, 0.717) is 0 Å². The highest BCUT2D eigenvalue weighted by Gasteiger charge is 2.12. The van der Waals surface area contributed by atoms with Crippen LogP contribution in [0.15, 0.2) is 53.6 Å². The maximum atomic E-state index is 12.4. The molecule has 0 radical (unpaired) electrons. The molecule has 28 heavy (non-hydrogen) atoms. The van der Waals surface area contributed by atoms with Gasteiger partial charge in [-0.1, -0.05) is 30.2 Å². The largest absolute Gasteiger partial charge is 0.507 e. The number of nitrogens with one attached hydrogen (secondary N) is 1. The lowest BCUT2D eigenvalue weighted by Gasteiger charge is -2.09. The second-order valence-electron chi connectivity index (χ2n) is 5.72. The van der Waals surface area contributed by atoms with E-state index in [1.54, 1.807) is 12.1 Å². The fourth-order valence-electron chi connectivity index (χ4n) is 2.54. The number of ether oxygens (including phenoxy) is 1. The summed E-state index contributed by atoms with van der Waals surface area (Å²) in [6.45, 7) is 0.199. The minimum Gasteiger partial charge on any atom is -0.507 e. The smallest absolute Gasteiger partial charge is 0.275 e. The van der Waals surface area contributed by atoms with Crippen molar-refractivity contribution in [2.45, 2.75) is 0 Å². The Morgan fingerprint density at radius 2 is 1.82 bits per heavy atom. The van der Waals surface area contributed by atoms with Gasteiger partial charge in [-0.15, -0.1) is 6.42 Å². The number of hydrogen-bond acceptors (Lipinski definition) is 4. The van der Waals surface area contributed by atoms with Crippen LogP contribution >= 0.6 is 45.2 Å². The van der Waals surface area contributed by atoms with Gasteiger partial charge in [-0.25, -0.2) is 5.43 Å². The van der Waals surface area contributed by atoms with E-state index in [9.17, 15) is 9.90 Å². The van der Waals surface area contributed by atoms with Crippen LogP contribution in [0.1, 0.15) is 15.9 Å². The lowest BCUT2D eigenvalue weighted by molar-refractivity contribution is 0.0952. The Bertz CT molecular complexity index is 1100. The summed E-state index contributed by atoms with van der Waals surface area (Å²) in [5.41, 5.74) is 3.41. The van der Waals surface area contributed by atoms with Gasteiger partial charge in [0, 0.05) is 0 Å². The van der Waals surface area contributed by atoms with E-state index < -0.39 is 5.91 Å². The maximum Gasteiger partial charge on any atom is 0.275 e. The molecule has 0 heterocycles. The molecule has 5 nitrogen and oxygen atoms in total. The molecule has 140 valence electrons. The van der Waals surface area contributed by atoms with Crippen molar-refractivity contribution in [3.8, 4) is 23.8 Å². The first kappa shape index (κ1) is 20.4. The van der Waals surface area contributed by atoms with Crippen LogP contribution in [-0.4, -0.2) is 23.8 Å². The lowest BCUT2D eigenvalue weighted by atomic mass is 10.1. The Morgan fingerprint density at radius 1 is 1.18 bits per heavy atom. The fourth-order valence-corrected chi connectivity index (χ4v) is 4.67. The Hall–Kier alpha value is -2.32. The van der Waals surface area contributed by atoms with Crippen molar-refractivity contribution in [3.63, 3.8) is 0 Å². The summed E-state index contributed by atoms with van der Waals surface area (Å²) in [6, 6.07) is 14.4. The molecule has 3 rings (SSSR count). The second kappa shape index (κ2) is 9.25. The van der Waals surface area contributed by atoms with Crippen LogP contribution in [0.3, 0.4) is 0 Å². The summed E-state index contributed by atoms with van der Waals surface area (Å²) in [7, 11) is 0. The van der Waals surface area contributed by atoms with Crippen molar-refractivity contribution < 1.29 is 14.6 Å². The first-order chi connectivity index (χ1) is 13.5. The zero-order chi connectivity index (χ0) is 20.1. The number of phenols is 1. The van der Waals surface area contributed by atoms with Crippen LogP contribution in [0.25, 0.3) is 10.8 Å². The van der Waals surface area contributed by atoms with Crippen molar-refractivity contribution in [3.05, 3.63) is 66.8 Å². The number of hydrogen-bond donors (Lipinski definition) is 2. The van der Waals surface area contributed by atoms with Gasteiger partial charge in [-0.3, -0.25) is 4.79 Å². The van der Waals surface area contributed by atoms with Crippen molar-refractivity contribution in [2.75, 3.05) is 6.61 Å². The van der Waals surface area contributed by atoms with Gasteiger partial charge in [0.2, 0.25) is 0 Å². The first-order valence-electron chi connectivity index (χ1n) is 8.10. The molecule has 0 saturated heterocycles. The van der Waals surface area contributed by atoms with Crippen LogP contribution < -0.4 is 10.2 Å². The van der Waals surface area contributed by atoms with Crippen molar-refractivity contribution in [2.24, 2.45) is 5.10 Å². The highest BCUT2D eigenvalue weighted by molar-refractivity contribution is 14.1. The number of carbonyl (C=O) groups is 1. The van der Waals surface area contributed by atoms with E-state index in [4.69, 9.17) is 11.2 Å². The number of aromatic hydroxyl groups is 1. The fraction of sp³-hybridized carbons (Fsp3) is 0.0476. The van der Waals surface area contributed by atoms with Gasteiger partial charge >= 0.3 is 0 Å². The van der Waals surface area contributed by atoms with Gasteiger partial charge in [0.25, 0.3) is 5.91 Å². The molecule has 0 aromatic heterocycles. The van der Waals surface area contributed by atoms with Crippen LogP contribution in [-0.2, 0) is 0 Å². The van der Waals surface area contributed by atoms with Gasteiger partial charge in [-0.05, 0) is 85.8 Å². The van der Waals surface area contributed by atoms with E-state index >= 15 is 0 Å². The number of nitrogens with zero attached hydrogens (tertiary/aromatic N) is 1. The van der Waals surface area contributed by atoms with E-state index in [1.807, 2.05) is 36.4 Å². The number of halogens is 2. The Morgan fingerprint density at radius 3 is 2.46 bits per heavy atom. The molecule has 0 bridgehead atoms. The van der Waals surface area contributed by atoms with E-state index in [0.717, 1.165) is 29.2 Å². The van der Waals surface area contributed by atoms with Crippen molar-refractivity contribution in [1.82, 2.24) is 5.43 Å². The topological polar surface area (TPSA) is 70.9 Å². The first-order valence-corrected chi connectivity index (χ1v) is 10.3. The number of phenolic OH excluding ortho intramolecular Hbond substituents is 1. The summed E-state index contributed by atoms with van der Waals surface area (Å²) in [5.74, 6) is 2.58. The van der Waals surface area contributed by atoms with Crippen molar-refractivity contribution in [1.29, 1.82) is 0 Å². The second-order valence-corrected chi connectivity index (χ2v) is 8.05. The predicted octanol–water partition coefficient (Wildman–Crippen LogP) is 4.53. The minimum atomic E-state index is -0.488. The summed E-state index contributed by atoms with van der Waals surface area (Å²) in [6.07, 6.45) is 6.76. The molecule has 0 aliphatic carbocycles. The molecular formula is C21H14I2N2O3. The molecule has 3 aromatic rings. The molecule has 7 heteroatoms. The Labute approximate surface area is 189 Å². The molecule has 0 saturated carbocycles. The number of amides is 1. The van der Waals surface area contributed by atoms with Crippen LogP contribution in [0, 0.1) is 19.5 Å². The maximum absolute atomic E-state index is 12.4. The van der Waals surface area contributed by atoms with Gasteiger partial charge in [0.1, 0.15) is 18.1 Å². The number of benzene rings is 3. The summed E-state index contributed by atoms with van der Waals surface area (Å²) >= 11 is 4.32. The zero-order valence-corrected chi connectivity index (χ0v) is 18.8. The summed E-state index contributed by atoms with van der Waals surface area (Å²) < 4.78 is 7.30. The molecule has 0 atom stereocenters.